The Morgan fingerprint density at radius 3 is 1.95 bits per heavy atom. The van der Waals surface area contributed by atoms with E-state index in [1.165, 1.54) is 44.9 Å². The Kier molecular flexibility index (Phi) is 18.6. The molecule has 0 aromatic carbocycles. The Hall–Kier alpha value is -0.770. The first-order valence-corrected chi connectivity index (χ1v) is 7.71. The third-order valence-corrected chi connectivity index (χ3v) is 3.03. The van der Waals surface area contributed by atoms with E-state index in [9.17, 15) is 4.79 Å². The summed E-state index contributed by atoms with van der Waals surface area (Å²) in [6.45, 7) is 5.71. The summed E-state index contributed by atoms with van der Waals surface area (Å²) in [6, 6.07) is 0. The minimum Gasteiger partial charge on any atom is -0.450 e. The van der Waals surface area contributed by atoms with Crippen molar-refractivity contribution in [3.05, 3.63) is 0 Å². The summed E-state index contributed by atoms with van der Waals surface area (Å²) in [6.07, 6.45) is 11.8. The molecule has 4 nitrogen and oxygen atoms in total. The van der Waals surface area contributed by atoms with Gasteiger partial charge in [-0.3, -0.25) is 0 Å². The van der Waals surface area contributed by atoms with Gasteiger partial charge in [0.15, 0.2) is 0 Å². The molecule has 0 bridgehead atoms. The molecule has 4 heteroatoms. The molecule has 0 radical (unpaired) electrons. The Bertz CT molecular complexity index is 169. The van der Waals surface area contributed by atoms with E-state index in [0.29, 0.717) is 6.61 Å². The number of rotatable bonds is 12. The van der Waals surface area contributed by atoms with Gasteiger partial charge in [0, 0.05) is 6.54 Å². The fourth-order valence-electron chi connectivity index (χ4n) is 1.84. The van der Waals surface area contributed by atoms with Crippen LogP contribution < -0.4 is 11.5 Å². The molecule has 0 aliphatic rings. The van der Waals surface area contributed by atoms with Gasteiger partial charge in [-0.05, 0) is 12.8 Å². The van der Waals surface area contributed by atoms with Gasteiger partial charge in [-0.25, -0.2) is 4.79 Å². The average Bonchev–Trinajstić information content (AvgIpc) is 2.38. The van der Waals surface area contributed by atoms with E-state index in [0.717, 1.165) is 25.8 Å². The lowest BCUT2D eigenvalue weighted by Gasteiger charge is -2.06. The Morgan fingerprint density at radius 1 is 0.842 bits per heavy atom. The van der Waals surface area contributed by atoms with Crippen molar-refractivity contribution in [2.75, 3.05) is 13.2 Å². The van der Waals surface area contributed by atoms with Crippen molar-refractivity contribution in [2.24, 2.45) is 0 Å². The predicted octanol–water partition coefficient (Wildman–Crippen LogP) is 4.82. The number of carbonyl (C=O) groups is 1. The quantitative estimate of drug-likeness (QED) is 0.501. The van der Waals surface area contributed by atoms with Crippen molar-refractivity contribution in [1.29, 1.82) is 0 Å². The smallest absolute Gasteiger partial charge is 0.407 e. The van der Waals surface area contributed by atoms with Crippen molar-refractivity contribution in [1.82, 2.24) is 11.5 Å². The average molecular weight is 274 g/mol. The third kappa shape index (κ3) is 17.2. The lowest BCUT2D eigenvalue weighted by molar-refractivity contribution is 0.143. The van der Waals surface area contributed by atoms with Gasteiger partial charge in [0.05, 0.1) is 6.61 Å². The largest absolute Gasteiger partial charge is 0.450 e. The van der Waals surface area contributed by atoms with Crippen molar-refractivity contribution in [3.63, 3.8) is 0 Å². The highest BCUT2D eigenvalue weighted by atomic mass is 16.5. The van der Waals surface area contributed by atoms with Crippen LogP contribution in [0.2, 0.25) is 0 Å². The minimum atomic E-state index is -0.249. The van der Waals surface area contributed by atoms with Gasteiger partial charge in [-0.1, -0.05) is 65.2 Å². The zero-order valence-corrected chi connectivity index (χ0v) is 13.0. The van der Waals surface area contributed by atoms with Crippen LogP contribution in [0.15, 0.2) is 0 Å². The molecule has 0 spiro atoms. The summed E-state index contributed by atoms with van der Waals surface area (Å²) in [7, 11) is 0. The maximum absolute atomic E-state index is 11.3. The van der Waals surface area contributed by atoms with Gasteiger partial charge >= 0.3 is 6.09 Å². The summed E-state index contributed by atoms with van der Waals surface area (Å²) >= 11 is 0. The summed E-state index contributed by atoms with van der Waals surface area (Å²) in [4.78, 5) is 11.3. The van der Waals surface area contributed by atoms with Crippen molar-refractivity contribution < 1.29 is 9.53 Å². The molecule has 0 atom stereocenters. The predicted molar refractivity (Wildman–Crippen MR) is 81.9 cm³/mol. The standard InChI is InChI=1S/C15H31NO2.H3N/c1-3-5-7-9-11-13-16-15(17)18-14-12-10-8-6-4-2;/h3-14H2,1-2H3,(H,16,17);1H3. The van der Waals surface area contributed by atoms with E-state index >= 15 is 0 Å². The van der Waals surface area contributed by atoms with Crippen LogP contribution in [0.1, 0.15) is 78.1 Å². The Labute approximate surface area is 119 Å². The fraction of sp³-hybridized carbons (Fsp3) is 0.933. The molecular weight excluding hydrogens is 240 g/mol. The molecule has 0 aliphatic heterocycles. The highest BCUT2D eigenvalue weighted by molar-refractivity contribution is 5.66. The van der Waals surface area contributed by atoms with Gasteiger partial charge in [0.2, 0.25) is 0 Å². The van der Waals surface area contributed by atoms with E-state index in [1.807, 2.05) is 0 Å². The van der Waals surface area contributed by atoms with Crippen LogP contribution in [0.3, 0.4) is 0 Å². The summed E-state index contributed by atoms with van der Waals surface area (Å²) in [5.41, 5.74) is 0. The normalized spacial score (nSPS) is 9.79. The molecule has 116 valence electrons. The number of hydrogen-bond donors (Lipinski definition) is 2. The van der Waals surface area contributed by atoms with Gasteiger partial charge < -0.3 is 16.2 Å². The molecule has 19 heavy (non-hydrogen) atoms. The van der Waals surface area contributed by atoms with Gasteiger partial charge in [-0.15, -0.1) is 0 Å². The molecule has 0 saturated heterocycles. The lowest BCUT2D eigenvalue weighted by Crippen LogP contribution is -2.25. The maximum Gasteiger partial charge on any atom is 0.407 e. The molecule has 0 fully saturated rings. The topological polar surface area (TPSA) is 73.3 Å². The molecule has 0 heterocycles. The van der Waals surface area contributed by atoms with E-state index in [2.05, 4.69) is 19.2 Å². The van der Waals surface area contributed by atoms with Crippen LogP contribution >= 0.6 is 0 Å². The zero-order valence-electron chi connectivity index (χ0n) is 13.0. The van der Waals surface area contributed by atoms with Crippen LogP contribution in [0.5, 0.6) is 0 Å². The minimum absolute atomic E-state index is 0. The van der Waals surface area contributed by atoms with Crippen LogP contribution in [-0.2, 0) is 4.74 Å². The number of nitrogens with one attached hydrogen (secondary N) is 1. The number of ether oxygens (including phenoxy) is 1. The Balaban J connectivity index is 0. The molecule has 0 aromatic rings. The zero-order chi connectivity index (χ0) is 13.5. The number of amides is 1. The number of unbranched alkanes of at least 4 members (excludes halogenated alkanes) is 8. The fourth-order valence-corrected chi connectivity index (χ4v) is 1.84. The molecular formula is C15H34N2O2. The van der Waals surface area contributed by atoms with Gasteiger partial charge in [0.1, 0.15) is 0 Å². The molecule has 1 amide bonds. The van der Waals surface area contributed by atoms with Crippen molar-refractivity contribution in [3.8, 4) is 0 Å². The molecule has 0 rings (SSSR count). The molecule has 0 unspecified atom stereocenters. The molecule has 0 aliphatic carbocycles. The van der Waals surface area contributed by atoms with Gasteiger partial charge in [0.25, 0.3) is 0 Å². The first-order valence-electron chi connectivity index (χ1n) is 7.71. The highest BCUT2D eigenvalue weighted by Crippen LogP contribution is 2.03. The lowest BCUT2D eigenvalue weighted by atomic mass is 10.1. The number of hydrogen-bond acceptors (Lipinski definition) is 3. The van der Waals surface area contributed by atoms with Crippen LogP contribution in [-0.4, -0.2) is 19.2 Å². The summed E-state index contributed by atoms with van der Waals surface area (Å²) in [5.74, 6) is 0. The molecule has 4 N–H and O–H groups in total. The van der Waals surface area contributed by atoms with E-state index in [1.54, 1.807) is 0 Å². The third-order valence-electron chi connectivity index (χ3n) is 3.03. The number of alkyl carbamates (subject to hydrolysis) is 1. The molecule has 0 aromatic heterocycles. The Morgan fingerprint density at radius 2 is 1.37 bits per heavy atom. The first kappa shape index (κ1) is 20.5. The monoisotopic (exact) mass is 274 g/mol. The second-order valence-corrected chi connectivity index (χ2v) is 4.89. The van der Waals surface area contributed by atoms with Crippen LogP contribution in [0, 0.1) is 0 Å². The highest BCUT2D eigenvalue weighted by Gasteiger charge is 2.00. The van der Waals surface area contributed by atoms with Gasteiger partial charge in [-0.2, -0.15) is 0 Å². The van der Waals surface area contributed by atoms with Crippen LogP contribution in [0.25, 0.3) is 0 Å². The van der Waals surface area contributed by atoms with Crippen molar-refractivity contribution in [2.45, 2.75) is 78.1 Å². The second-order valence-electron chi connectivity index (χ2n) is 4.89. The van der Waals surface area contributed by atoms with Crippen LogP contribution in [0.4, 0.5) is 4.79 Å². The van der Waals surface area contributed by atoms with E-state index in [-0.39, 0.29) is 12.2 Å². The maximum atomic E-state index is 11.3. The van der Waals surface area contributed by atoms with E-state index in [4.69, 9.17) is 4.74 Å². The number of carbonyl (C=O) groups excluding carboxylic acids is 1. The summed E-state index contributed by atoms with van der Waals surface area (Å²) in [5, 5.41) is 2.80. The SMILES string of the molecule is CCCCCCCNC(=O)OCCCCCCC.N. The van der Waals surface area contributed by atoms with Crippen molar-refractivity contribution >= 4 is 6.09 Å². The summed E-state index contributed by atoms with van der Waals surface area (Å²) < 4.78 is 5.10. The first-order chi connectivity index (χ1) is 8.81. The second kappa shape index (κ2) is 17.2. The molecule has 0 saturated carbocycles. The van der Waals surface area contributed by atoms with E-state index < -0.39 is 0 Å².